The van der Waals surface area contributed by atoms with E-state index >= 15 is 0 Å². The molecule has 1 fully saturated rings. The number of nitrogens with zero attached hydrogens (tertiary/aromatic N) is 1. The molecule has 3 N–H and O–H groups in total. The Balaban J connectivity index is 2.15. The number of hydrogen-bond acceptors (Lipinski definition) is 4. The number of amides is 4. The van der Waals surface area contributed by atoms with Gasteiger partial charge in [-0.25, -0.2) is 14.0 Å². The molecule has 0 radical (unpaired) electrons. The third kappa shape index (κ3) is 3.66. The van der Waals surface area contributed by atoms with Gasteiger partial charge >= 0.3 is 12.0 Å². The Bertz CT molecular complexity index is 749. The second kappa shape index (κ2) is 7.11. The molecule has 1 heterocycles. The molecule has 8 nitrogen and oxygen atoms in total. The summed E-state index contributed by atoms with van der Waals surface area (Å²) in [5.74, 6) is -3.51. The number of halogens is 1. The Kier molecular flexibility index (Phi) is 5.29. The fraction of sp³-hybridized carbons (Fsp3) is 0.412. The zero-order chi connectivity index (χ0) is 19.6. The van der Waals surface area contributed by atoms with Crippen LogP contribution in [0, 0.1) is 11.7 Å². The zero-order valence-corrected chi connectivity index (χ0v) is 14.6. The molecule has 1 aliphatic heterocycles. The summed E-state index contributed by atoms with van der Waals surface area (Å²) in [5.41, 5.74) is -1.07. The molecule has 4 amide bonds. The fourth-order valence-electron chi connectivity index (χ4n) is 2.70. The van der Waals surface area contributed by atoms with Crippen LogP contribution in [-0.4, -0.2) is 46.4 Å². The molecule has 1 aromatic rings. The first-order valence-corrected chi connectivity index (χ1v) is 7.98. The molecule has 2 rings (SSSR count). The van der Waals surface area contributed by atoms with Crippen molar-refractivity contribution >= 4 is 23.8 Å². The van der Waals surface area contributed by atoms with Gasteiger partial charge in [-0.15, -0.1) is 0 Å². The maximum atomic E-state index is 13.1. The van der Waals surface area contributed by atoms with Crippen LogP contribution in [0.4, 0.5) is 9.18 Å². The summed E-state index contributed by atoms with van der Waals surface area (Å²) in [6.07, 6.45) is 0. The van der Waals surface area contributed by atoms with Gasteiger partial charge in [0.15, 0.2) is 0 Å². The SMILES string of the molecule is CC(C)[C@H](NC(=O)CN1C(=O)NC(C)(c2ccc(F)cc2)C1=O)C(=O)O. The number of urea groups is 1. The number of imide groups is 1. The molecule has 1 unspecified atom stereocenters. The second-order valence-corrected chi connectivity index (χ2v) is 6.58. The third-order valence-electron chi connectivity index (χ3n) is 4.25. The topological polar surface area (TPSA) is 116 Å². The van der Waals surface area contributed by atoms with Crippen LogP contribution in [0.1, 0.15) is 26.3 Å². The first-order chi connectivity index (χ1) is 12.1. The van der Waals surface area contributed by atoms with E-state index < -0.39 is 47.8 Å². The Labute approximate surface area is 149 Å². The first-order valence-electron chi connectivity index (χ1n) is 7.98. The van der Waals surface area contributed by atoms with Crippen molar-refractivity contribution in [1.29, 1.82) is 0 Å². The van der Waals surface area contributed by atoms with Crippen LogP contribution in [-0.2, 0) is 19.9 Å². The zero-order valence-electron chi connectivity index (χ0n) is 14.6. The highest BCUT2D eigenvalue weighted by molar-refractivity contribution is 6.09. The van der Waals surface area contributed by atoms with Crippen molar-refractivity contribution < 1.29 is 28.7 Å². The van der Waals surface area contributed by atoms with E-state index in [9.17, 15) is 23.6 Å². The minimum Gasteiger partial charge on any atom is -0.480 e. The molecule has 9 heteroatoms. The molecule has 1 saturated heterocycles. The van der Waals surface area contributed by atoms with E-state index in [-0.39, 0.29) is 5.92 Å². The number of carbonyl (C=O) groups excluding carboxylic acids is 3. The van der Waals surface area contributed by atoms with Crippen molar-refractivity contribution in [3.63, 3.8) is 0 Å². The minimum atomic E-state index is -1.44. The van der Waals surface area contributed by atoms with E-state index in [1.165, 1.54) is 19.1 Å². The Morgan fingerprint density at radius 1 is 1.27 bits per heavy atom. The molecule has 0 aliphatic carbocycles. The number of nitrogens with one attached hydrogen (secondary N) is 2. The van der Waals surface area contributed by atoms with Gasteiger partial charge in [0.05, 0.1) is 0 Å². The molecule has 0 spiro atoms. The number of carboxylic acid groups (broad SMARTS) is 1. The van der Waals surface area contributed by atoms with Crippen molar-refractivity contribution in [1.82, 2.24) is 15.5 Å². The smallest absolute Gasteiger partial charge is 0.326 e. The highest BCUT2D eigenvalue weighted by Gasteiger charge is 2.49. The highest BCUT2D eigenvalue weighted by atomic mass is 19.1. The van der Waals surface area contributed by atoms with E-state index in [1.54, 1.807) is 13.8 Å². The molecule has 0 aromatic heterocycles. The van der Waals surface area contributed by atoms with Gasteiger partial charge in [-0.1, -0.05) is 26.0 Å². The lowest BCUT2D eigenvalue weighted by Gasteiger charge is -2.22. The number of benzene rings is 1. The van der Waals surface area contributed by atoms with Crippen LogP contribution in [0.15, 0.2) is 24.3 Å². The lowest BCUT2D eigenvalue weighted by atomic mass is 9.92. The molecule has 26 heavy (non-hydrogen) atoms. The van der Waals surface area contributed by atoms with Gasteiger partial charge in [0.1, 0.15) is 23.9 Å². The summed E-state index contributed by atoms with van der Waals surface area (Å²) in [7, 11) is 0. The average Bonchev–Trinajstić information content (AvgIpc) is 2.77. The number of carboxylic acids is 1. The van der Waals surface area contributed by atoms with Crippen LogP contribution in [0.2, 0.25) is 0 Å². The summed E-state index contributed by atoms with van der Waals surface area (Å²) in [5, 5.41) is 13.9. The summed E-state index contributed by atoms with van der Waals surface area (Å²) >= 11 is 0. The van der Waals surface area contributed by atoms with E-state index in [4.69, 9.17) is 5.11 Å². The summed E-state index contributed by atoms with van der Waals surface area (Å²) < 4.78 is 13.1. The van der Waals surface area contributed by atoms with Crippen molar-refractivity contribution in [3.8, 4) is 0 Å². The van der Waals surface area contributed by atoms with Crippen LogP contribution in [0.3, 0.4) is 0 Å². The second-order valence-electron chi connectivity index (χ2n) is 6.58. The molecule has 1 aliphatic rings. The maximum absolute atomic E-state index is 13.1. The van der Waals surface area contributed by atoms with Gasteiger partial charge in [0, 0.05) is 0 Å². The summed E-state index contributed by atoms with van der Waals surface area (Å²) in [6, 6.07) is 3.15. The molecule has 1 aromatic carbocycles. The lowest BCUT2D eigenvalue weighted by Crippen LogP contribution is -2.49. The average molecular weight is 365 g/mol. The predicted molar refractivity (Wildman–Crippen MR) is 88.4 cm³/mol. The van der Waals surface area contributed by atoms with Crippen LogP contribution in [0.25, 0.3) is 0 Å². The Hall–Kier alpha value is -2.97. The summed E-state index contributed by atoms with van der Waals surface area (Å²) in [4.78, 5) is 48.8. The van der Waals surface area contributed by atoms with E-state index in [1.807, 2.05) is 0 Å². The van der Waals surface area contributed by atoms with Crippen LogP contribution in [0.5, 0.6) is 0 Å². The minimum absolute atomic E-state index is 0.366. The van der Waals surface area contributed by atoms with Gasteiger partial charge in [0.2, 0.25) is 5.91 Å². The van der Waals surface area contributed by atoms with E-state index in [0.29, 0.717) is 10.5 Å². The van der Waals surface area contributed by atoms with Crippen molar-refractivity contribution in [2.24, 2.45) is 5.92 Å². The number of carbonyl (C=O) groups is 4. The quantitative estimate of drug-likeness (QED) is 0.646. The number of rotatable bonds is 6. The third-order valence-corrected chi connectivity index (χ3v) is 4.25. The first kappa shape index (κ1) is 19.4. The molecule has 2 atom stereocenters. The van der Waals surface area contributed by atoms with Gasteiger partial charge in [-0.2, -0.15) is 0 Å². The van der Waals surface area contributed by atoms with E-state index in [0.717, 1.165) is 12.1 Å². The highest BCUT2D eigenvalue weighted by Crippen LogP contribution is 2.28. The normalized spacial score (nSPS) is 20.9. The van der Waals surface area contributed by atoms with Crippen molar-refractivity contribution in [3.05, 3.63) is 35.6 Å². The largest absolute Gasteiger partial charge is 0.480 e. The van der Waals surface area contributed by atoms with Gasteiger partial charge in [0.25, 0.3) is 5.91 Å². The van der Waals surface area contributed by atoms with Crippen LogP contribution < -0.4 is 10.6 Å². The lowest BCUT2D eigenvalue weighted by molar-refractivity contribution is -0.143. The van der Waals surface area contributed by atoms with Crippen molar-refractivity contribution in [2.75, 3.05) is 6.54 Å². The van der Waals surface area contributed by atoms with Gasteiger partial charge in [-0.3, -0.25) is 14.5 Å². The standard InChI is InChI=1S/C17H20FN3O5/c1-9(2)13(14(23)24)19-12(22)8-21-15(25)17(3,20-16(21)26)10-4-6-11(18)7-5-10/h4-7,9,13H,8H2,1-3H3,(H,19,22)(H,20,26)(H,23,24)/t13-,17?/m0/s1. The molecule has 0 saturated carbocycles. The van der Waals surface area contributed by atoms with E-state index in [2.05, 4.69) is 10.6 Å². The molecule has 140 valence electrons. The van der Waals surface area contributed by atoms with Gasteiger partial charge < -0.3 is 15.7 Å². The number of aliphatic carboxylic acids is 1. The number of hydrogen-bond donors (Lipinski definition) is 3. The maximum Gasteiger partial charge on any atom is 0.326 e. The fourth-order valence-corrected chi connectivity index (χ4v) is 2.70. The Morgan fingerprint density at radius 2 is 1.85 bits per heavy atom. The predicted octanol–water partition coefficient (Wildman–Crippen LogP) is 0.818. The monoisotopic (exact) mass is 365 g/mol. The summed E-state index contributed by atoms with van der Waals surface area (Å²) in [6.45, 7) is 4.08. The molecular formula is C17H20FN3O5. The molecular weight excluding hydrogens is 345 g/mol. The van der Waals surface area contributed by atoms with Crippen molar-refractivity contribution in [2.45, 2.75) is 32.4 Å². The van der Waals surface area contributed by atoms with Crippen LogP contribution >= 0.6 is 0 Å². The van der Waals surface area contributed by atoms with Gasteiger partial charge in [-0.05, 0) is 30.5 Å². The molecule has 0 bridgehead atoms. The Morgan fingerprint density at radius 3 is 2.35 bits per heavy atom.